The number of primary amides is 1. The summed E-state index contributed by atoms with van der Waals surface area (Å²) in [5.41, 5.74) is 7.63. The molecule has 2 heterocycles. The van der Waals surface area contributed by atoms with Crippen molar-refractivity contribution in [3.05, 3.63) is 82.8 Å². The number of hydrogen-bond acceptors (Lipinski definition) is 9. The smallest absolute Gasteiger partial charge is 0.324 e. The topological polar surface area (TPSA) is 118 Å². The summed E-state index contributed by atoms with van der Waals surface area (Å²) in [6, 6.07) is 21.4. The lowest BCUT2D eigenvalue weighted by molar-refractivity contribution is -0.145. The molecule has 2 N–H and O–H groups in total. The molecule has 47 heavy (non-hydrogen) atoms. The number of halogens is 1. The first kappa shape index (κ1) is 34.4. The van der Waals surface area contributed by atoms with Crippen molar-refractivity contribution >= 4 is 45.1 Å². The van der Waals surface area contributed by atoms with E-state index in [-0.39, 0.29) is 30.3 Å². The second-order valence-electron chi connectivity index (χ2n) is 11.7. The Balaban J connectivity index is 1.29. The number of methoxy groups -OCH3 is 1. The maximum absolute atomic E-state index is 14.0. The highest BCUT2D eigenvalue weighted by molar-refractivity contribution is 9.10. The highest BCUT2D eigenvalue weighted by atomic mass is 79.9. The van der Waals surface area contributed by atoms with Gasteiger partial charge in [-0.05, 0) is 64.8 Å². The van der Waals surface area contributed by atoms with E-state index in [1.54, 1.807) is 18.2 Å². The lowest BCUT2D eigenvalue weighted by Gasteiger charge is -2.37. The number of benzene rings is 3. The van der Waals surface area contributed by atoms with Crippen molar-refractivity contribution < 1.29 is 28.6 Å². The van der Waals surface area contributed by atoms with Gasteiger partial charge in [-0.3, -0.25) is 29.2 Å². The third-order valence-electron chi connectivity index (χ3n) is 8.46. The summed E-state index contributed by atoms with van der Waals surface area (Å²) in [6.45, 7) is 6.81. The van der Waals surface area contributed by atoms with Crippen LogP contribution in [0.4, 0.5) is 16.2 Å². The number of nitrogens with two attached hydrogens (primary N) is 1. The van der Waals surface area contributed by atoms with E-state index in [2.05, 4.69) is 30.6 Å². The van der Waals surface area contributed by atoms with Gasteiger partial charge in [-0.15, -0.1) is 0 Å². The number of Topliss-reactive ketones (excluding diaryl/α,β-unsaturated/α-hetero) is 1. The summed E-state index contributed by atoms with van der Waals surface area (Å²) < 4.78 is 17.8. The molecular formula is C35H42BrN5O6. The number of piperazine rings is 1. The zero-order chi connectivity index (χ0) is 33.3. The third-order valence-corrected chi connectivity index (χ3v) is 9.13. The van der Waals surface area contributed by atoms with E-state index >= 15 is 0 Å². The molecular weight excluding hydrogens is 666 g/mol. The lowest BCUT2D eigenvalue weighted by atomic mass is 10.0. The van der Waals surface area contributed by atoms with Gasteiger partial charge in [0.2, 0.25) is 0 Å². The molecule has 2 amide bonds. The van der Waals surface area contributed by atoms with Gasteiger partial charge in [0.25, 0.3) is 0 Å². The van der Waals surface area contributed by atoms with Gasteiger partial charge in [-0.1, -0.05) is 36.4 Å². The van der Waals surface area contributed by atoms with E-state index in [9.17, 15) is 14.4 Å². The van der Waals surface area contributed by atoms with Crippen molar-refractivity contribution in [2.75, 3.05) is 64.6 Å². The number of para-hydroxylation sites is 2. The van der Waals surface area contributed by atoms with Gasteiger partial charge < -0.3 is 19.9 Å². The molecule has 0 unspecified atom stereocenters. The van der Waals surface area contributed by atoms with Gasteiger partial charge in [0.15, 0.2) is 5.78 Å². The van der Waals surface area contributed by atoms with Crippen LogP contribution in [0.3, 0.4) is 0 Å². The van der Waals surface area contributed by atoms with Crippen molar-refractivity contribution in [2.24, 2.45) is 5.73 Å². The van der Waals surface area contributed by atoms with Gasteiger partial charge in [0, 0.05) is 50.0 Å². The molecule has 2 aliphatic rings. The van der Waals surface area contributed by atoms with Crippen LogP contribution in [0, 0.1) is 0 Å². The summed E-state index contributed by atoms with van der Waals surface area (Å²) in [4.78, 5) is 46.5. The number of anilines is 2. The molecule has 2 fully saturated rings. The Hall–Kier alpha value is -3.97. The second kappa shape index (κ2) is 16.2. The molecule has 2 saturated heterocycles. The van der Waals surface area contributed by atoms with Crippen molar-refractivity contribution in [3.63, 3.8) is 0 Å². The summed E-state index contributed by atoms with van der Waals surface area (Å²) in [7, 11) is 1.53. The Kier molecular flexibility index (Phi) is 11.9. The standard InChI is InChI=1S/C35H42BrN5O6/c1-3-46-34(43)23-38-15-17-39(18-16-38)24-40-22-27(47-26-9-5-4-6-10-26)21-31(40)32(42)19-25-13-14-30(33(20-25)45-2)41(35(37)44)29-12-8-7-11-28(29)36/h4-14,20,27,31H,3,15-19,21-24H2,1-2H3,(H2,37,44)/t27-,31-/m0/s1. The Morgan fingerprint density at radius 3 is 2.32 bits per heavy atom. The molecule has 2 aliphatic heterocycles. The van der Waals surface area contributed by atoms with Gasteiger partial charge in [0.1, 0.15) is 17.6 Å². The normalized spacial score (nSPS) is 18.9. The van der Waals surface area contributed by atoms with Crippen LogP contribution >= 0.6 is 15.9 Å². The third kappa shape index (κ3) is 8.89. The molecule has 0 aromatic heterocycles. The molecule has 3 aromatic rings. The summed E-state index contributed by atoms with van der Waals surface area (Å²) in [5, 5.41) is 0. The predicted molar refractivity (Wildman–Crippen MR) is 183 cm³/mol. The highest BCUT2D eigenvalue weighted by Crippen LogP contribution is 2.38. The average molecular weight is 709 g/mol. The van der Waals surface area contributed by atoms with Crippen molar-refractivity contribution in [1.29, 1.82) is 0 Å². The molecule has 2 atom stereocenters. The number of carbonyl (C=O) groups is 3. The van der Waals surface area contributed by atoms with E-state index < -0.39 is 6.03 Å². The number of nitrogens with zero attached hydrogens (tertiary/aromatic N) is 4. The van der Waals surface area contributed by atoms with Crippen molar-refractivity contribution in [2.45, 2.75) is 31.9 Å². The zero-order valence-corrected chi connectivity index (χ0v) is 28.4. The van der Waals surface area contributed by atoms with Crippen LogP contribution in [0.15, 0.2) is 77.3 Å². The van der Waals surface area contributed by atoms with Gasteiger partial charge in [-0.25, -0.2) is 4.79 Å². The Morgan fingerprint density at radius 2 is 1.64 bits per heavy atom. The van der Waals surface area contributed by atoms with Crippen LogP contribution in [0.1, 0.15) is 18.9 Å². The maximum atomic E-state index is 14.0. The number of urea groups is 1. The fourth-order valence-electron chi connectivity index (χ4n) is 6.20. The number of likely N-dealkylation sites (tertiary alicyclic amines) is 1. The molecule has 5 rings (SSSR count). The summed E-state index contributed by atoms with van der Waals surface area (Å²) >= 11 is 3.50. The number of amides is 2. The average Bonchev–Trinajstić information content (AvgIpc) is 3.45. The summed E-state index contributed by atoms with van der Waals surface area (Å²) in [6.07, 6.45) is 0.625. The van der Waals surface area contributed by atoms with Crippen LogP contribution in [0.25, 0.3) is 0 Å². The first-order valence-electron chi connectivity index (χ1n) is 15.9. The first-order valence-corrected chi connectivity index (χ1v) is 16.6. The number of rotatable bonds is 13. The van der Waals surface area contributed by atoms with Crippen LogP contribution in [-0.2, 0) is 20.7 Å². The van der Waals surface area contributed by atoms with Gasteiger partial charge >= 0.3 is 12.0 Å². The molecule has 0 radical (unpaired) electrons. The minimum Gasteiger partial charge on any atom is -0.495 e. The SMILES string of the molecule is CCOC(=O)CN1CCN(CN2C[C@@H](Oc3ccccc3)C[C@H]2C(=O)Cc2ccc(N(C(N)=O)c3ccccc3Br)c(OC)c2)CC1. The second-order valence-corrected chi connectivity index (χ2v) is 12.5. The van der Waals surface area contributed by atoms with Crippen molar-refractivity contribution in [3.8, 4) is 11.5 Å². The molecule has 0 spiro atoms. The number of carbonyl (C=O) groups excluding carboxylic acids is 3. The Morgan fingerprint density at radius 1 is 0.936 bits per heavy atom. The quantitative estimate of drug-likeness (QED) is 0.257. The van der Waals surface area contributed by atoms with Crippen LogP contribution in [0.5, 0.6) is 11.5 Å². The number of esters is 1. The Bertz CT molecular complexity index is 1530. The minimum absolute atomic E-state index is 0.0810. The Labute approximate surface area is 284 Å². The largest absolute Gasteiger partial charge is 0.495 e. The number of ether oxygens (including phenoxy) is 3. The molecule has 3 aromatic carbocycles. The molecule has 12 heteroatoms. The number of ketones is 1. The maximum Gasteiger partial charge on any atom is 0.324 e. The summed E-state index contributed by atoms with van der Waals surface area (Å²) in [5.74, 6) is 1.09. The van der Waals surface area contributed by atoms with Gasteiger partial charge in [0.05, 0.1) is 44.3 Å². The van der Waals surface area contributed by atoms with E-state index in [1.165, 1.54) is 12.0 Å². The van der Waals surface area contributed by atoms with Crippen LogP contribution < -0.4 is 20.1 Å². The van der Waals surface area contributed by atoms with E-state index in [4.69, 9.17) is 19.9 Å². The van der Waals surface area contributed by atoms with Gasteiger partial charge in [-0.2, -0.15) is 0 Å². The molecule has 0 bridgehead atoms. The molecule has 11 nitrogen and oxygen atoms in total. The molecule has 250 valence electrons. The number of hydrogen-bond donors (Lipinski definition) is 1. The fraction of sp³-hybridized carbons (Fsp3) is 0.400. The zero-order valence-electron chi connectivity index (χ0n) is 26.8. The van der Waals surface area contributed by atoms with E-state index in [1.807, 2.05) is 61.5 Å². The molecule has 0 saturated carbocycles. The van der Waals surface area contributed by atoms with Crippen molar-refractivity contribution in [1.82, 2.24) is 14.7 Å². The van der Waals surface area contributed by atoms with Crippen LogP contribution in [0.2, 0.25) is 0 Å². The monoisotopic (exact) mass is 707 g/mol. The fourth-order valence-corrected chi connectivity index (χ4v) is 6.66. The minimum atomic E-state index is -0.660. The highest BCUT2D eigenvalue weighted by Gasteiger charge is 2.39. The molecule has 0 aliphatic carbocycles. The first-order chi connectivity index (χ1) is 22.7. The predicted octanol–water partition coefficient (Wildman–Crippen LogP) is 4.45. The van der Waals surface area contributed by atoms with E-state index in [0.717, 1.165) is 37.5 Å². The van der Waals surface area contributed by atoms with Crippen LogP contribution in [-0.4, -0.2) is 104 Å². The van der Waals surface area contributed by atoms with E-state index in [0.29, 0.717) is 54.4 Å². The lowest BCUT2D eigenvalue weighted by Crippen LogP contribution is -2.52.